The van der Waals surface area contributed by atoms with E-state index in [0.717, 1.165) is 16.9 Å². The lowest BCUT2D eigenvalue weighted by molar-refractivity contribution is 0.195. The van der Waals surface area contributed by atoms with Crippen molar-refractivity contribution in [2.24, 2.45) is 0 Å². The van der Waals surface area contributed by atoms with Crippen LogP contribution in [-0.4, -0.2) is 51.1 Å². The minimum Gasteiger partial charge on any atom is -0.497 e. The van der Waals surface area contributed by atoms with Crippen LogP contribution in [0.4, 0.5) is 4.79 Å². The number of methoxy groups -OCH3 is 1. The molecule has 0 aliphatic rings. The normalized spacial score (nSPS) is 13.4. The van der Waals surface area contributed by atoms with Crippen LogP contribution in [0, 0.1) is 0 Å². The van der Waals surface area contributed by atoms with Crippen LogP contribution >= 0.6 is 0 Å². The Morgan fingerprint density at radius 2 is 1.64 bits per heavy atom. The predicted octanol–water partition coefficient (Wildman–Crippen LogP) is 3.25. The molecule has 1 N–H and O–H groups in total. The standard InChI is InChI=1S/C21H28N2O4S/c1-5-28(25,26)15-16(2)23(3)21(24)22-20(17-9-7-6-8-10-17)18-11-13-19(27-4)14-12-18/h6-14,16,20H,5,15H2,1-4H3,(H,22,24). The molecule has 2 atom stereocenters. The van der Waals surface area contributed by atoms with Gasteiger partial charge in [0.2, 0.25) is 0 Å². The lowest BCUT2D eigenvalue weighted by atomic mass is 9.98. The van der Waals surface area contributed by atoms with E-state index in [4.69, 9.17) is 4.74 Å². The largest absolute Gasteiger partial charge is 0.497 e. The summed E-state index contributed by atoms with van der Waals surface area (Å²) in [7, 11) is 0.0424. The first-order chi connectivity index (χ1) is 13.3. The SMILES string of the molecule is CCS(=O)(=O)CC(C)N(C)C(=O)NC(c1ccccc1)c1ccc(OC)cc1. The minimum atomic E-state index is -3.17. The maximum absolute atomic E-state index is 12.8. The van der Waals surface area contributed by atoms with E-state index in [1.54, 1.807) is 28.0 Å². The van der Waals surface area contributed by atoms with Crippen molar-refractivity contribution in [2.45, 2.75) is 25.9 Å². The van der Waals surface area contributed by atoms with Crippen LogP contribution in [0.15, 0.2) is 54.6 Å². The fourth-order valence-electron chi connectivity index (χ4n) is 2.82. The molecular weight excluding hydrogens is 376 g/mol. The van der Waals surface area contributed by atoms with Crippen molar-refractivity contribution >= 4 is 15.9 Å². The Hall–Kier alpha value is -2.54. The van der Waals surface area contributed by atoms with Gasteiger partial charge in [-0.3, -0.25) is 0 Å². The number of sulfone groups is 1. The molecule has 0 heterocycles. The Kier molecular flexibility index (Phi) is 7.45. The molecule has 0 aliphatic carbocycles. The molecule has 0 bridgehead atoms. The Morgan fingerprint density at radius 1 is 1.07 bits per heavy atom. The van der Waals surface area contributed by atoms with Gasteiger partial charge in [-0.2, -0.15) is 0 Å². The number of hydrogen-bond acceptors (Lipinski definition) is 4. The van der Waals surface area contributed by atoms with Crippen LogP contribution in [0.2, 0.25) is 0 Å². The monoisotopic (exact) mass is 404 g/mol. The summed E-state index contributed by atoms with van der Waals surface area (Å²) in [5.41, 5.74) is 1.84. The number of hydrogen-bond donors (Lipinski definition) is 1. The molecule has 2 rings (SSSR count). The maximum Gasteiger partial charge on any atom is 0.318 e. The molecule has 0 saturated heterocycles. The molecule has 28 heavy (non-hydrogen) atoms. The minimum absolute atomic E-state index is 0.0608. The summed E-state index contributed by atoms with van der Waals surface area (Å²) in [6.45, 7) is 3.34. The molecule has 2 amide bonds. The zero-order valence-corrected chi connectivity index (χ0v) is 17.6. The molecule has 0 fully saturated rings. The van der Waals surface area contributed by atoms with E-state index in [1.807, 2.05) is 54.6 Å². The Morgan fingerprint density at radius 3 is 2.18 bits per heavy atom. The number of carbonyl (C=O) groups is 1. The Labute approximate surface area is 167 Å². The van der Waals surface area contributed by atoms with Crippen LogP contribution in [-0.2, 0) is 9.84 Å². The van der Waals surface area contributed by atoms with Crippen molar-refractivity contribution in [2.75, 3.05) is 25.7 Å². The van der Waals surface area contributed by atoms with Crippen molar-refractivity contribution in [1.29, 1.82) is 0 Å². The highest BCUT2D eigenvalue weighted by molar-refractivity contribution is 7.91. The van der Waals surface area contributed by atoms with E-state index in [0.29, 0.717) is 0 Å². The lowest BCUT2D eigenvalue weighted by Gasteiger charge is -2.28. The fraction of sp³-hybridized carbons (Fsp3) is 0.381. The number of ether oxygens (including phenoxy) is 1. The molecule has 0 aliphatic heterocycles. The quantitative estimate of drug-likeness (QED) is 0.733. The molecule has 0 spiro atoms. The van der Waals surface area contributed by atoms with Gasteiger partial charge < -0.3 is 15.0 Å². The van der Waals surface area contributed by atoms with Crippen LogP contribution in [0.1, 0.15) is 31.0 Å². The van der Waals surface area contributed by atoms with E-state index >= 15 is 0 Å². The van der Waals surface area contributed by atoms with Crippen molar-refractivity contribution in [3.8, 4) is 5.75 Å². The summed E-state index contributed by atoms with van der Waals surface area (Å²) in [5, 5.41) is 3.02. The van der Waals surface area contributed by atoms with Crippen LogP contribution in [0.3, 0.4) is 0 Å². The second kappa shape index (κ2) is 9.59. The second-order valence-electron chi connectivity index (χ2n) is 6.73. The highest BCUT2D eigenvalue weighted by Gasteiger charge is 2.24. The van der Waals surface area contributed by atoms with E-state index in [-0.39, 0.29) is 23.6 Å². The highest BCUT2D eigenvalue weighted by atomic mass is 32.2. The zero-order valence-electron chi connectivity index (χ0n) is 16.8. The number of carbonyl (C=O) groups excluding carboxylic acids is 1. The average Bonchev–Trinajstić information content (AvgIpc) is 2.71. The molecule has 2 unspecified atom stereocenters. The second-order valence-corrected chi connectivity index (χ2v) is 9.12. The van der Waals surface area contributed by atoms with Gasteiger partial charge in [-0.1, -0.05) is 49.4 Å². The lowest BCUT2D eigenvalue weighted by Crippen LogP contribution is -2.46. The van der Waals surface area contributed by atoms with Gasteiger partial charge in [0.1, 0.15) is 5.75 Å². The summed E-state index contributed by atoms with van der Waals surface area (Å²) in [6, 6.07) is 16.0. The Balaban J connectivity index is 2.23. The molecule has 0 saturated carbocycles. The zero-order chi connectivity index (χ0) is 20.7. The van der Waals surface area contributed by atoms with Gasteiger partial charge in [-0.25, -0.2) is 13.2 Å². The summed E-state index contributed by atoms with van der Waals surface area (Å²) >= 11 is 0. The molecule has 7 heteroatoms. The number of rotatable bonds is 8. The van der Waals surface area contributed by atoms with Gasteiger partial charge in [-0.15, -0.1) is 0 Å². The van der Waals surface area contributed by atoms with Crippen LogP contribution in [0.5, 0.6) is 5.75 Å². The van der Waals surface area contributed by atoms with Gasteiger partial charge in [0.05, 0.1) is 18.9 Å². The fourth-order valence-corrected chi connectivity index (χ4v) is 4.02. The highest BCUT2D eigenvalue weighted by Crippen LogP contribution is 2.24. The number of urea groups is 1. The number of nitrogens with one attached hydrogen (secondary N) is 1. The van der Waals surface area contributed by atoms with Crippen molar-refractivity contribution < 1.29 is 17.9 Å². The molecule has 2 aromatic carbocycles. The molecule has 6 nitrogen and oxygen atoms in total. The smallest absolute Gasteiger partial charge is 0.318 e. The van der Waals surface area contributed by atoms with Crippen molar-refractivity contribution in [3.05, 3.63) is 65.7 Å². The van der Waals surface area contributed by atoms with Crippen LogP contribution in [0.25, 0.3) is 0 Å². The third-order valence-corrected chi connectivity index (χ3v) is 6.64. The van der Waals surface area contributed by atoms with Crippen LogP contribution < -0.4 is 10.1 Å². The van der Waals surface area contributed by atoms with Gasteiger partial charge in [-0.05, 0) is 30.2 Å². The summed E-state index contributed by atoms with van der Waals surface area (Å²) in [6.07, 6.45) is 0. The average molecular weight is 405 g/mol. The van der Waals surface area contributed by atoms with E-state index in [9.17, 15) is 13.2 Å². The first-order valence-corrected chi connectivity index (χ1v) is 11.0. The third-order valence-electron chi connectivity index (χ3n) is 4.77. The van der Waals surface area contributed by atoms with Gasteiger partial charge >= 0.3 is 6.03 Å². The first-order valence-electron chi connectivity index (χ1n) is 9.20. The van der Waals surface area contributed by atoms with Gasteiger partial charge in [0.25, 0.3) is 0 Å². The summed E-state index contributed by atoms with van der Waals surface area (Å²) < 4.78 is 29.0. The number of amides is 2. The van der Waals surface area contributed by atoms with E-state index in [1.165, 1.54) is 4.90 Å². The van der Waals surface area contributed by atoms with Crippen molar-refractivity contribution in [1.82, 2.24) is 10.2 Å². The topological polar surface area (TPSA) is 75.7 Å². The summed E-state index contributed by atoms with van der Waals surface area (Å²) in [4.78, 5) is 14.3. The maximum atomic E-state index is 12.8. The molecule has 2 aromatic rings. The number of benzene rings is 2. The van der Waals surface area contributed by atoms with Gasteiger partial charge in [0.15, 0.2) is 9.84 Å². The van der Waals surface area contributed by atoms with Gasteiger partial charge in [0, 0.05) is 18.8 Å². The molecular formula is C21H28N2O4S. The molecule has 0 aromatic heterocycles. The van der Waals surface area contributed by atoms with Crippen molar-refractivity contribution in [3.63, 3.8) is 0 Å². The first kappa shape index (κ1) is 21.8. The predicted molar refractivity (Wildman–Crippen MR) is 111 cm³/mol. The number of nitrogens with zero attached hydrogens (tertiary/aromatic N) is 1. The molecule has 0 radical (unpaired) electrons. The van der Waals surface area contributed by atoms with E-state index in [2.05, 4.69) is 5.32 Å². The summed E-state index contributed by atoms with van der Waals surface area (Å²) in [5.74, 6) is 0.731. The molecule has 152 valence electrons. The van der Waals surface area contributed by atoms with E-state index < -0.39 is 15.9 Å². The Bertz CT molecular complexity index is 867. The third kappa shape index (κ3) is 5.73.